The number of aromatic nitrogens is 1. The second-order valence-electron chi connectivity index (χ2n) is 4.35. The van der Waals surface area contributed by atoms with E-state index in [2.05, 4.69) is 4.98 Å². The van der Waals surface area contributed by atoms with Crippen LogP contribution < -0.4 is 0 Å². The topological polar surface area (TPSA) is 46.3 Å². The van der Waals surface area contributed by atoms with Crippen LogP contribution in [0.3, 0.4) is 0 Å². The highest BCUT2D eigenvalue weighted by Crippen LogP contribution is 2.25. The van der Waals surface area contributed by atoms with Crippen LogP contribution in [0, 0.1) is 5.82 Å². The Morgan fingerprint density at radius 3 is 2.57 bits per heavy atom. The quantitative estimate of drug-likeness (QED) is 0.767. The smallest absolute Gasteiger partial charge is 0.256 e. The average Bonchev–Trinajstić information content (AvgIpc) is 2.96. The predicted octanol–water partition coefficient (Wildman–Crippen LogP) is 3.44. The molecule has 1 amide bonds. The summed E-state index contributed by atoms with van der Waals surface area (Å²) in [5, 5.41) is 0.440. The summed E-state index contributed by atoms with van der Waals surface area (Å²) in [4.78, 5) is 17.8. The van der Waals surface area contributed by atoms with E-state index in [0.29, 0.717) is 29.8 Å². The van der Waals surface area contributed by atoms with Gasteiger partial charge in [0.1, 0.15) is 5.82 Å². The molecule has 21 heavy (non-hydrogen) atoms. The Labute approximate surface area is 127 Å². The summed E-state index contributed by atoms with van der Waals surface area (Å²) in [5.41, 5.74) is 0.755. The van der Waals surface area contributed by atoms with E-state index in [0.717, 1.165) is 5.56 Å². The summed E-state index contributed by atoms with van der Waals surface area (Å²) in [5.74, 6) is 0.627. The molecule has 4 nitrogen and oxygen atoms in total. The number of carbonyl (C=O) groups excluding carboxylic acids is 1. The molecule has 0 aliphatic rings. The number of oxazole rings is 1. The summed E-state index contributed by atoms with van der Waals surface area (Å²) >= 11 is 1.26. The molecule has 1 aromatic heterocycles. The van der Waals surface area contributed by atoms with Crippen LogP contribution in [-0.4, -0.2) is 34.6 Å². The Hall–Kier alpha value is -1.82. The van der Waals surface area contributed by atoms with Crippen LogP contribution in [0.2, 0.25) is 0 Å². The minimum absolute atomic E-state index is 0.0616. The SMILES string of the molecule is CCN(CC)C(=O)CSc1ncc(-c2ccc(F)cc2)o1. The van der Waals surface area contributed by atoms with Crippen molar-refractivity contribution in [3.8, 4) is 11.3 Å². The van der Waals surface area contributed by atoms with E-state index in [4.69, 9.17) is 4.42 Å². The average molecular weight is 308 g/mol. The molecule has 0 fully saturated rings. The first-order chi connectivity index (χ1) is 10.1. The lowest BCUT2D eigenvalue weighted by atomic mass is 10.2. The number of amides is 1. The molecule has 0 saturated heterocycles. The molecule has 0 aliphatic carbocycles. The fourth-order valence-corrected chi connectivity index (χ4v) is 2.57. The molecule has 1 heterocycles. The maximum Gasteiger partial charge on any atom is 0.256 e. The van der Waals surface area contributed by atoms with Crippen molar-refractivity contribution in [1.82, 2.24) is 9.88 Å². The van der Waals surface area contributed by atoms with E-state index in [1.165, 1.54) is 23.9 Å². The van der Waals surface area contributed by atoms with Gasteiger partial charge in [-0.25, -0.2) is 9.37 Å². The highest BCUT2D eigenvalue weighted by molar-refractivity contribution is 7.99. The number of benzene rings is 1. The Morgan fingerprint density at radius 2 is 1.95 bits per heavy atom. The largest absolute Gasteiger partial charge is 0.431 e. The molecule has 0 N–H and O–H groups in total. The van der Waals surface area contributed by atoms with Gasteiger partial charge in [0.05, 0.1) is 11.9 Å². The monoisotopic (exact) mass is 308 g/mol. The van der Waals surface area contributed by atoms with Crippen LogP contribution in [0.25, 0.3) is 11.3 Å². The zero-order valence-corrected chi connectivity index (χ0v) is 12.8. The lowest BCUT2D eigenvalue weighted by Gasteiger charge is -2.17. The van der Waals surface area contributed by atoms with Gasteiger partial charge in [-0.1, -0.05) is 11.8 Å². The normalized spacial score (nSPS) is 10.6. The first kappa shape index (κ1) is 15.6. The molecule has 0 atom stereocenters. The van der Waals surface area contributed by atoms with Crippen molar-refractivity contribution in [3.05, 3.63) is 36.3 Å². The summed E-state index contributed by atoms with van der Waals surface area (Å²) < 4.78 is 18.4. The van der Waals surface area contributed by atoms with Crippen LogP contribution in [0.1, 0.15) is 13.8 Å². The standard InChI is InChI=1S/C15H17FN2O2S/c1-3-18(4-2)14(19)10-21-15-17-9-13(20-15)11-5-7-12(16)8-6-11/h5-9H,3-4,10H2,1-2H3. The molecule has 0 saturated carbocycles. The third-order valence-corrected chi connectivity index (χ3v) is 3.88. The van der Waals surface area contributed by atoms with E-state index in [-0.39, 0.29) is 11.7 Å². The molecule has 112 valence electrons. The molecule has 0 unspecified atom stereocenters. The number of hydrogen-bond acceptors (Lipinski definition) is 4. The number of carbonyl (C=O) groups is 1. The highest BCUT2D eigenvalue weighted by Gasteiger charge is 2.13. The minimum atomic E-state index is -0.294. The van der Waals surface area contributed by atoms with Crippen LogP contribution in [0.15, 0.2) is 40.1 Å². The van der Waals surface area contributed by atoms with E-state index in [1.54, 1.807) is 23.2 Å². The minimum Gasteiger partial charge on any atom is -0.431 e. The number of rotatable bonds is 6. The summed E-state index contributed by atoms with van der Waals surface area (Å²) in [6, 6.07) is 6.00. The number of thioether (sulfide) groups is 1. The van der Waals surface area contributed by atoms with Crippen molar-refractivity contribution in [2.24, 2.45) is 0 Å². The van der Waals surface area contributed by atoms with Crippen LogP contribution in [-0.2, 0) is 4.79 Å². The van der Waals surface area contributed by atoms with Gasteiger partial charge in [0, 0.05) is 18.7 Å². The molecule has 2 aromatic rings. The third-order valence-electron chi connectivity index (χ3n) is 3.05. The van der Waals surface area contributed by atoms with Crippen molar-refractivity contribution < 1.29 is 13.6 Å². The van der Waals surface area contributed by atoms with Crippen molar-refractivity contribution in [3.63, 3.8) is 0 Å². The van der Waals surface area contributed by atoms with Gasteiger partial charge in [-0.2, -0.15) is 0 Å². The molecule has 1 aromatic carbocycles. The molecule has 0 bridgehead atoms. The number of halogens is 1. The van der Waals surface area contributed by atoms with Gasteiger partial charge < -0.3 is 9.32 Å². The molecular weight excluding hydrogens is 291 g/mol. The van der Waals surface area contributed by atoms with Gasteiger partial charge in [0.2, 0.25) is 5.91 Å². The maximum atomic E-state index is 12.9. The van der Waals surface area contributed by atoms with Crippen molar-refractivity contribution in [1.29, 1.82) is 0 Å². The van der Waals surface area contributed by atoms with Crippen LogP contribution in [0.5, 0.6) is 0 Å². The van der Waals surface area contributed by atoms with Gasteiger partial charge in [-0.3, -0.25) is 4.79 Å². The van der Waals surface area contributed by atoms with Crippen LogP contribution in [0.4, 0.5) is 4.39 Å². The summed E-state index contributed by atoms with van der Waals surface area (Å²) in [7, 11) is 0. The second-order valence-corrected chi connectivity index (χ2v) is 5.28. The zero-order chi connectivity index (χ0) is 15.2. The fourth-order valence-electron chi connectivity index (χ4n) is 1.86. The molecule has 0 spiro atoms. The molecule has 2 rings (SSSR count). The predicted molar refractivity (Wildman–Crippen MR) is 80.5 cm³/mol. The first-order valence-electron chi connectivity index (χ1n) is 6.76. The van der Waals surface area contributed by atoms with Gasteiger partial charge >= 0.3 is 0 Å². The van der Waals surface area contributed by atoms with Crippen molar-refractivity contribution in [2.45, 2.75) is 19.1 Å². The first-order valence-corrected chi connectivity index (χ1v) is 7.75. The Bertz CT molecular complexity index is 594. The van der Waals surface area contributed by atoms with Crippen LogP contribution >= 0.6 is 11.8 Å². The highest BCUT2D eigenvalue weighted by atomic mass is 32.2. The van der Waals surface area contributed by atoms with Gasteiger partial charge in [0.25, 0.3) is 5.22 Å². The van der Waals surface area contributed by atoms with Gasteiger partial charge in [0.15, 0.2) is 5.76 Å². The van der Waals surface area contributed by atoms with E-state index < -0.39 is 0 Å². The van der Waals surface area contributed by atoms with E-state index in [9.17, 15) is 9.18 Å². The number of nitrogens with zero attached hydrogens (tertiary/aromatic N) is 2. The Morgan fingerprint density at radius 1 is 1.29 bits per heavy atom. The van der Waals surface area contributed by atoms with Crippen molar-refractivity contribution in [2.75, 3.05) is 18.8 Å². The summed E-state index contributed by atoms with van der Waals surface area (Å²) in [6.07, 6.45) is 1.58. The second kappa shape index (κ2) is 7.26. The zero-order valence-electron chi connectivity index (χ0n) is 12.0. The van der Waals surface area contributed by atoms with Gasteiger partial charge in [-0.15, -0.1) is 0 Å². The van der Waals surface area contributed by atoms with Crippen molar-refractivity contribution >= 4 is 17.7 Å². The van der Waals surface area contributed by atoms with Gasteiger partial charge in [-0.05, 0) is 38.1 Å². The maximum absolute atomic E-state index is 12.9. The summed E-state index contributed by atoms with van der Waals surface area (Å²) in [6.45, 7) is 5.29. The Kier molecular flexibility index (Phi) is 5.38. The molecule has 0 aliphatic heterocycles. The lowest BCUT2D eigenvalue weighted by Crippen LogP contribution is -2.31. The third kappa shape index (κ3) is 4.07. The van der Waals surface area contributed by atoms with E-state index >= 15 is 0 Å². The molecule has 0 radical (unpaired) electrons. The Balaban J connectivity index is 1.97. The molecule has 6 heteroatoms. The molecular formula is C15H17FN2O2S. The fraction of sp³-hybridized carbons (Fsp3) is 0.333. The lowest BCUT2D eigenvalue weighted by molar-refractivity contribution is -0.127. The van der Waals surface area contributed by atoms with E-state index in [1.807, 2.05) is 13.8 Å². The number of hydrogen-bond donors (Lipinski definition) is 0.